The van der Waals surface area contributed by atoms with Gasteiger partial charge in [-0.1, -0.05) is 24.6 Å². The Bertz CT molecular complexity index is 881. The Morgan fingerprint density at radius 1 is 1.16 bits per heavy atom. The maximum atomic E-state index is 13.1. The van der Waals surface area contributed by atoms with Crippen LogP contribution in [-0.2, 0) is 22.9 Å². The van der Waals surface area contributed by atoms with Crippen molar-refractivity contribution >= 4 is 35.8 Å². The SMILES string of the molecule is CN=C(NCC(=O)NCc1ccco1)NCC1(c2cccc(C(F)(F)F)c2)CCC1.I. The lowest BCUT2D eigenvalue weighted by Crippen LogP contribution is -2.50. The first-order valence-electron chi connectivity index (χ1n) is 9.74. The average Bonchev–Trinajstić information content (AvgIpc) is 3.21. The summed E-state index contributed by atoms with van der Waals surface area (Å²) in [6.07, 6.45) is -0.288. The molecule has 0 atom stereocenters. The molecule has 0 saturated heterocycles. The zero-order valence-corrected chi connectivity index (χ0v) is 19.4. The van der Waals surface area contributed by atoms with Gasteiger partial charge in [-0.2, -0.15) is 13.2 Å². The van der Waals surface area contributed by atoms with Gasteiger partial charge < -0.3 is 20.4 Å². The molecule has 3 rings (SSSR count). The molecule has 0 spiro atoms. The Morgan fingerprint density at radius 2 is 1.94 bits per heavy atom. The summed E-state index contributed by atoms with van der Waals surface area (Å²) in [5.41, 5.74) is -0.342. The van der Waals surface area contributed by atoms with E-state index in [1.807, 2.05) is 0 Å². The number of benzene rings is 1. The van der Waals surface area contributed by atoms with E-state index in [1.54, 1.807) is 25.2 Å². The number of aliphatic imine (C=N–C) groups is 1. The summed E-state index contributed by atoms with van der Waals surface area (Å²) in [4.78, 5) is 16.1. The molecule has 1 fully saturated rings. The van der Waals surface area contributed by atoms with Crippen LogP contribution < -0.4 is 16.0 Å². The Balaban J connectivity index is 0.00000341. The smallest absolute Gasteiger partial charge is 0.416 e. The average molecular weight is 550 g/mol. The second-order valence-corrected chi connectivity index (χ2v) is 7.35. The number of halogens is 4. The van der Waals surface area contributed by atoms with Crippen molar-refractivity contribution in [2.24, 2.45) is 4.99 Å². The number of hydrogen-bond acceptors (Lipinski definition) is 3. The van der Waals surface area contributed by atoms with E-state index in [2.05, 4.69) is 20.9 Å². The van der Waals surface area contributed by atoms with E-state index in [-0.39, 0.29) is 48.4 Å². The first-order valence-corrected chi connectivity index (χ1v) is 9.74. The van der Waals surface area contributed by atoms with Gasteiger partial charge >= 0.3 is 6.18 Å². The van der Waals surface area contributed by atoms with E-state index in [1.165, 1.54) is 18.4 Å². The van der Waals surface area contributed by atoms with Crippen LogP contribution in [0, 0.1) is 0 Å². The maximum absolute atomic E-state index is 13.1. The topological polar surface area (TPSA) is 78.7 Å². The number of carbonyl (C=O) groups is 1. The molecule has 0 radical (unpaired) electrons. The van der Waals surface area contributed by atoms with Gasteiger partial charge in [-0.25, -0.2) is 0 Å². The third-order valence-corrected chi connectivity index (χ3v) is 5.39. The van der Waals surface area contributed by atoms with Gasteiger partial charge in [0.15, 0.2) is 5.96 Å². The van der Waals surface area contributed by atoms with Crippen molar-refractivity contribution < 1.29 is 22.4 Å². The zero-order valence-electron chi connectivity index (χ0n) is 17.1. The van der Waals surface area contributed by atoms with Crippen molar-refractivity contribution in [3.8, 4) is 0 Å². The Morgan fingerprint density at radius 3 is 2.52 bits per heavy atom. The molecule has 1 aromatic heterocycles. The van der Waals surface area contributed by atoms with Gasteiger partial charge in [-0.05, 0) is 36.6 Å². The number of amides is 1. The van der Waals surface area contributed by atoms with Gasteiger partial charge in [0.25, 0.3) is 0 Å². The molecule has 1 aliphatic carbocycles. The highest BCUT2D eigenvalue weighted by Gasteiger charge is 2.40. The number of alkyl halides is 3. The van der Waals surface area contributed by atoms with Crippen LogP contribution in [0.3, 0.4) is 0 Å². The Labute approximate surface area is 196 Å². The van der Waals surface area contributed by atoms with E-state index in [0.29, 0.717) is 23.8 Å². The second-order valence-electron chi connectivity index (χ2n) is 7.35. The highest BCUT2D eigenvalue weighted by molar-refractivity contribution is 14.0. The number of hydrogen-bond donors (Lipinski definition) is 3. The van der Waals surface area contributed by atoms with E-state index in [4.69, 9.17) is 4.42 Å². The summed E-state index contributed by atoms with van der Waals surface area (Å²) in [6.45, 7) is 0.733. The molecule has 10 heteroatoms. The monoisotopic (exact) mass is 550 g/mol. The van der Waals surface area contributed by atoms with Crippen LogP contribution in [0.4, 0.5) is 13.2 Å². The molecule has 1 heterocycles. The van der Waals surface area contributed by atoms with Crippen LogP contribution in [-0.4, -0.2) is 32.0 Å². The minimum atomic E-state index is -4.37. The molecule has 1 aliphatic rings. The number of nitrogens with zero attached hydrogens (tertiary/aromatic N) is 1. The quantitative estimate of drug-likeness (QED) is 0.279. The highest BCUT2D eigenvalue weighted by Crippen LogP contribution is 2.44. The Kier molecular flexibility index (Phi) is 8.78. The predicted molar refractivity (Wildman–Crippen MR) is 122 cm³/mol. The fourth-order valence-electron chi connectivity index (χ4n) is 3.50. The molecular weight excluding hydrogens is 524 g/mol. The van der Waals surface area contributed by atoms with E-state index >= 15 is 0 Å². The number of guanidine groups is 1. The molecule has 170 valence electrons. The normalized spacial score (nSPS) is 15.4. The molecular formula is C21H26F3IN4O2. The molecule has 1 aromatic carbocycles. The van der Waals surface area contributed by atoms with Gasteiger partial charge in [0, 0.05) is 19.0 Å². The van der Waals surface area contributed by atoms with Crippen LogP contribution in [0.5, 0.6) is 0 Å². The Hall–Kier alpha value is -2.24. The van der Waals surface area contributed by atoms with E-state index in [0.717, 1.165) is 25.3 Å². The van der Waals surface area contributed by atoms with Crippen molar-refractivity contribution in [3.63, 3.8) is 0 Å². The van der Waals surface area contributed by atoms with Gasteiger partial charge in [0.1, 0.15) is 5.76 Å². The van der Waals surface area contributed by atoms with E-state index in [9.17, 15) is 18.0 Å². The van der Waals surface area contributed by atoms with E-state index < -0.39 is 11.7 Å². The lowest BCUT2D eigenvalue weighted by molar-refractivity contribution is -0.137. The molecule has 1 amide bonds. The zero-order chi connectivity index (χ0) is 21.6. The van der Waals surface area contributed by atoms with Crippen LogP contribution >= 0.6 is 24.0 Å². The summed E-state index contributed by atoms with van der Waals surface area (Å²) in [7, 11) is 1.58. The van der Waals surface area contributed by atoms with Gasteiger partial charge in [0.05, 0.1) is 24.9 Å². The molecule has 0 unspecified atom stereocenters. The lowest BCUT2D eigenvalue weighted by Gasteiger charge is -2.43. The highest BCUT2D eigenvalue weighted by atomic mass is 127. The predicted octanol–water partition coefficient (Wildman–Crippen LogP) is 3.82. The molecule has 0 aliphatic heterocycles. The molecule has 0 bridgehead atoms. The van der Waals surface area contributed by atoms with Crippen LogP contribution in [0.15, 0.2) is 52.1 Å². The van der Waals surface area contributed by atoms with Crippen molar-refractivity contribution in [3.05, 3.63) is 59.5 Å². The van der Waals surface area contributed by atoms with Gasteiger partial charge in [0.2, 0.25) is 5.91 Å². The summed E-state index contributed by atoms with van der Waals surface area (Å²) in [5.74, 6) is 0.839. The second kappa shape index (κ2) is 10.9. The van der Waals surface area contributed by atoms with Crippen molar-refractivity contribution in [1.82, 2.24) is 16.0 Å². The molecule has 6 nitrogen and oxygen atoms in total. The van der Waals surface area contributed by atoms with Gasteiger partial charge in [-0.15, -0.1) is 24.0 Å². The van der Waals surface area contributed by atoms with Crippen LogP contribution in [0.2, 0.25) is 0 Å². The fraction of sp³-hybridized carbons (Fsp3) is 0.429. The molecule has 1 saturated carbocycles. The first kappa shape index (κ1) is 25.0. The number of furan rings is 1. The third-order valence-electron chi connectivity index (χ3n) is 5.39. The lowest BCUT2D eigenvalue weighted by atomic mass is 9.64. The largest absolute Gasteiger partial charge is 0.467 e. The summed E-state index contributed by atoms with van der Waals surface area (Å²) in [6, 6.07) is 9.03. The van der Waals surface area contributed by atoms with Crippen LogP contribution in [0.1, 0.15) is 36.1 Å². The number of rotatable bonds is 7. The molecule has 31 heavy (non-hydrogen) atoms. The number of carbonyl (C=O) groups excluding carboxylic acids is 1. The fourth-order valence-corrected chi connectivity index (χ4v) is 3.50. The third kappa shape index (κ3) is 6.62. The van der Waals surface area contributed by atoms with Crippen molar-refractivity contribution in [2.45, 2.75) is 37.4 Å². The molecule has 2 aromatic rings. The summed E-state index contributed by atoms with van der Waals surface area (Å²) in [5, 5.41) is 8.80. The first-order chi connectivity index (χ1) is 14.3. The van der Waals surface area contributed by atoms with Crippen molar-refractivity contribution in [1.29, 1.82) is 0 Å². The summed E-state index contributed by atoms with van der Waals surface area (Å²) >= 11 is 0. The molecule has 3 N–H and O–H groups in total. The number of nitrogens with one attached hydrogen (secondary N) is 3. The minimum Gasteiger partial charge on any atom is -0.467 e. The maximum Gasteiger partial charge on any atom is 0.416 e. The van der Waals surface area contributed by atoms with Gasteiger partial charge in [-0.3, -0.25) is 9.79 Å². The van der Waals surface area contributed by atoms with Crippen LogP contribution in [0.25, 0.3) is 0 Å². The van der Waals surface area contributed by atoms with Crippen molar-refractivity contribution in [2.75, 3.05) is 20.1 Å². The minimum absolute atomic E-state index is 0. The standard InChI is InChI=1S/C21H25F3N4O2.HI/c1-25-19(27-13-18(29)26-12-17-7-3-10-30-17)28-14-20(8-4-9-20)15-5-2-6-16(11-15)21(22,23)24;/h2-3,5-7,10-11H,4,8-9,12-14H2,1H3,(H,26,29)(H2,25,27,28);1H. The summed E-state index contributed by atoms with van der Waals surface area (Å²) < 4.78 is 44.4.